The highest BCUT2D eigenvalue weighted by molar-refractivity contribution is 5.14. The van der Waals surface area contributed by atoms with Crippen molar-refractivity contribution < 1.29 is 19.3 Å². The van der Waals surface area contributed by atoms with Crippen molar-refractivity contribution in [2.24, 2.45) is 5.92 Å². The van der Waals surface area contributed by atoms with Gasteiger partial charge in [0.1, 0.15) is 6.10 Å². The van der Waals surface area contributed by atoms with Crippen LogP contribution in [0.1, 0.15) is 18.1 Å². The van der Waals surface area contributed by atoms with Crippen LogP contribution in [0.3, 0.4) is 0 Å². The van der Waals surface area contributed by atoms with Gasteiger partial charge in [0.05, 0.1) is 25.9 Å². The Morgan fingerprint density at radius 1 is 0.917 bits per heavy atom. The standard InChI is InChI=1S/C20H24O4/c1-15-19(23-13-17-10-6-3-7-11-17)18(14-24-20(15)21)22-12-16-8-4-2-5-9-16/h2-11,15,18-21H,12-14H2,1H3/t15?,18-,19?,20?/m1/s1. The Morgan fingerprint density at radius 2 is 1.46 bits per heavy atom. The number of hydrogen-bond donors (Lipinski definition) is 1. The summed E-state index contributed by atoms with van der Waals surface area (Å²) in [6, 6.07) is 20.0. The summed E-state index contributed by atoms with van der Waals surface area (Å²) in [5.74, 6) is -0.150. The first kappa shape index (κ1) is 17.1. The second kappa shape index (κ2) is 8.40. The van der Waals surface area contributed by atoms with Crippen LogP contribution in [0, 0.1) is 5.92 Å². The Bertz CT molecular complexity index is 602. The summed E-state index contributed by atoms with van der Waals surface area (Å²) in [5.41, 5.74) is 2.21. The molecular formula is C20H24O4. The molecule has 0 bridgehead atoms. The van der Waals surface area contributed by atoms with Crippen LogP contribution in [0.2, 0.25) is 0 Å². The molecule has 0 radical (unpaired) electrons. The Labute approximate surface area is 143 Å². The van der Waals surface area contributed by atoms with Crippen molar-refractivity contribution in [3.63, 3.8) is 0 Å². The van der Waals surface area contributed by atoms with Crippen LogP contribution in [0.4, 0.5) is 0 Å². The minimum absolute atomic E-state index is 0.150. The molecule has 1 saturated heterocycles. The fourth-order valence-electron chi connectivity index (χ4n) is 2.89. The van der Waals surface area contributed by atoms with Gasteiger partial charge < -0.3 is 19.3 Å². The second-order valence-corrected chi connectivity index (χ2v) is 6.18. The summed E-state index contributed by atoms with van der Waals surface area (Å²) in [5, 5.41) is 9.99. The highest BCUT2D eigenvalue weighted by Crippen LogP contribution is 2.26. The lowest BCUT2D eigenvalue weighted by Crippen LogP contribution is -2.50. The Kier molecular flexibility index (Phi) is 5.99. The fourth-order valence-corrected chi connectivity index (χ4v) is 2.89. The molecule has 4 nitrogen and oxygen atoms in total. The number of benzene rings is 2. The minimum atomic E-state index is -0.817. The number of rotatable bonds is 6. The quantitative estimate of drug-likeness (QED) is 0.885. The van der Waals surface area contributed by atoms with Crippen LogP contribution in [0.5, 0.6) is 0 Å². The van der Waals surface area contributed by atoms with Crippen LogP contribution >= 0.6 is 0 Å². The van der Waals surface area contributed by atoms with Crippen molar-refractivity contribution >= 4 is 0 Å². The highest BCUT2D eigenvalue weighted by atomic mass is 16.6. The van der Waals surface area contributed by atoms with Gasteiger partial charge >= 0.3 is 0 Å². The van der Waals surface area contributed by atoms with Gasteiger partial charge in [0.2, 0.25) is 0 Å². The summed E-state index contributed by atoms with van der Waals surface area (Å²) in [7, 11) is 0. The van der Waals surface area contributed by atoms with E-state index in [0.29, 0.717) is 19.8 Å². The van der Waals surface area contributed by atoms with Gasteiger partial charge in [-0.1, -0.05) is 67.6 Å². The van der Waals surface area contributed by atoms with E-state index in [4.69, 9.17) is 14.2 Å². The third-order valence-corrected chi connectivity index (χ3v) is 4.36. The molecule has 0 aromatic heterocycles. The van der Waals surface area contributed by atoms with E-state index in [9.17, 15) is 5.11 Å². The Morgan fingerprint density at radius 3 is 2.04 bits per heavy atom. The van der Waals surface area contributed by atoms with Crippen molar-refractivity contribution in [3.05, 3.63) is 71.8 Å². The molecule has 4 atom stereocenters. The molecule has 128 valence electrons. The van der Waals surface area contributed by atoms with Crippen molar-refractivity contribution in [1.82, 2.24) is 0 Å². The maximum Gasteiger partial charge on any atom is 0.159 e. The predicted molar refractivity (Wildman–Crippen MR) is 91.2 cm³/mol. The molecule has 1 heterocycles. The zero-order chi connectivity index (χ0) is 16.8. The molecule has 0 amide bonds. The van der Waals surface area contributed by atoms with E-state index in [1.165, 1.54) is 0 Å². The van der Waals surface area contributed by atoms with E-state index in [1.54, 1.807) is 0 Å². The first-order chi connectivity index (χ1) is 11.7. The number of ether oxygens (including phenoxy) is 3. The van der Waals surface area contributed by atoms with Gasteiger partial charge in [-0.2, -0.15) is 0 Å². The lowest BCUT2D eigenvalue weighted by atomic mass is 9.96. The molecular weight excluding hydrogens is 304 g/mol. The van der Waals surface area contributed by atoms with Crippen LogP contribution in [0.25, 0.3) is 0 Å². The largest absolute Gasteiger partial charge is 0.370 e. The third kappa shape index (κ3) is 4.42. The average Bonchev–Trinajstić information content (AvgIpc) is 2.63. The van der Waals surface area contributed by atoms with Gasteiger partial charge in [-0.3, -0.25) is 0 Å². The van der Waals surface area contributed by atoms with Gasteiger partial charge in [0.15, 0.2) is 6.29 Å². The zero-order valence-corrected chi connectivity index (χ0v) is 13.9. The molecule has 2 aromatic rings. The highest BCUT2D eigenvalue weighted by Gasteiger charge is 2.38. The molecule has 3 rings (SSSR count). The van der Waals surface area contributed by atoms with E-state index in [2.05, 4.69) is 0 Å². The predicted octanol–water partition coefficient (Wildman–Crippen LogP) is 3.14. The zero-order valence-electron chi connectivity index (χ0n) is 13.9. The number of hydrogen-bond acceptors (Lipinski definition) is 4. The van der Waals surface area contributed by atoms with Crippen LogP contribution in [-0.2, 0) is 27.4 Å². The molecule has 1 aliphatic heterocycles. The van der Waals surface area contributed by atoms with Gasteiger partial charge in [-0.05, 0) is 11.1 Å². The SMILES string of the molecule is CC1C(O)OC[C@@H](OCc2ccccc2)C1OCc1ccccc1. The third-order valence-electron chi connectivity index (χ3n) is 4.36. The molecule has 0 spiro atoms. The molecule has 1 N–H and O–H groups in total. The summed E-state index contributed by atoms with van der Waals surface area (Å²) in [4.78, 5) is 0. The lowest BCUT2D eigenvalue weighted by molar-refractivity contribution is -0.250. The molecule has 24 heavy (non-hydrogen) atoms. The average molecular weight is 328 g/mol. The monoisotopic (exact) mass is 328 g/mol. The van der Waals surface area contributed by atoms with E-state index in [-0.39, 0.29) is 18.1 Å². The van der Waals surface area contributed by atoms with Crippen molar-refractivity contribution in [2.75, 3.05) is 6.61 Å². The first-order valence-corrected chi connectivity index (χ1v) is 8.35. The van der Waals surface area contributed by atoms with Crippen molar-refractivity contribution in [2.45, 2.75) is 38.6 Å². The van der Waals surface area contributed by atoms with Crippen LogP contribution in [-0.4, -0.2) is 30.2 Å². The van der Waals surface area contributed by atoms with E-state index in [1.807, 2.05) is 67.6 Å². The minimum Gasteiger partial charge on any atom is -0.370 e. The van der Waals surface area contributed by atoms with Gasteiger partial charge in [0.25, 0.3) is 0 Å². The molecule has 1 aliphatic rings. The van der Waals surface area contributed by atoms with Crippen molar-refractivity contribution in [3.8, 4) is 0 Å². The summed E-state index contributed by atoms with van der Waals surface area (Å²) < 4.78 is 17.5. The maximum absolute atomic E-state index is 9.99. The fraction of sp³-hybridized carbons (Fsp3) is 0.400. The number of aliphatic hydroxyl groups excluding tert-OH is 1. The molecule has 0 aliphatic carbocycles. The Hall–Kier alpha value is -1.72. The smallest absolute Gasteiger partial charge is 0.159 e. The maximum atomic E-state index is 9.99. The van der Waals surface area contributed by atoms with E-state index in [0.717, 1.165) is 11.1 Å². The van der Waals surface area contributed by atoms with Crippen LogP contribution in [0.15, 0.2) is 60.7 Å². The lowest BCUT2D eigenvalue weighted by Gasteiger charge is -2.38. The normalized spacial score (nSPS) is 27.1. The summed E-state index contributed by atoms with van der Waals surface area (Å²) in [6.07, 6.45) is -1.23. The second-order valence-electron chi connectivity index (χ2n) is 6.18. The van der Waals surface area contributed by atoms with E-state index < -0.39 is 6.29 Å². The van der Waals surface area contributed by atoms with Gasteiger partial charge in [0, 0.05) is 5.92 Å². The topological polar surface area (TPSA) is 47.9 Å². The molecule has 4 heteroatoms. The summed E-state index contributed by atoms with van der Waals surface area (Å²) >= 11 is 0. The first-order valence-electron chi connectivity index (χ1n) is 8.35. The molecule has 0 saturated carbocycles. The Balaban J connectivity index is 1.61. The van der Waals surface area contributed by atoms with Crippen molar-refractivity contribution in [1.29, 1.82) is 0 Å². The molecule has 2 aromatic carbocycles. The van der Waals surface area contributed by atoms with Gasteiger partial charge in [-0.25, -0.2) is 0 Å². The number of aliphatic hydroxyl groups is 1. The molecule has 3 unspecified atom stereocenters. The molecule has 1 fully saturated rings. The van der Waals surface area contributed by atoms with Crippen LogP contribution < -0.4 is 0 Å². The van der Waals surface area contributed by atoms with Gasteiger partial charge in [-0.15, -0.1) is 0 Å². The van der Waals surface area contributed by atoms with E-state index >= 15 is 0 Å². The summed E-state index contributed by atoms with van der Waals surface area (Å²) in [6.45, 7) is 3.26.